The lowest BCUT2D eigenvalue weighted by Crippen LogP contribution is -2.44. The first-order valence-corrected chi connectivity index (χ1v) is 16.6. The van der Waals surface area contributed by atoms with Gasteiger partial charge in [0.1, 0.15) is 5.82 Å². The standard InChI is InChI=1S/C34H42N6O3S/c1-5-6-24-17-21(2)37-33(42)28(24)20-36-32(41)26-18-27(25-7-8-29(35-19-25)40-13-11-39(4)12-14-40)31-30(22(26)3)38-34(44-31)23-9-15-43-16-10-23/h7-8,17-19,23H,5-6,9-16,20H2,1-4H3,(H,36,41)(H,37,42). The summed E-state index contributed by atoms with van der Waals surface area (Å²) in [6.45, 7) is 11.6. The van der Waals surface area contributed by atoms with Crippen molar-refractivity contribution in [2.45, 2.75) is 58.9 Å². The van der Waals surface area contributed by atoms with Crippen LogP contribution in [0.2, 0.25) is 0 Å². The second kappa shape index (κ2) is 13.2. The summed E-state index contributed by atoms with van der Waals surface area (Å²) in [4.78, 5) is 44.2. The average Bonchev–Trinajstić information content (AvgIpc) is 3.48. The lowest BCUT2D eigenvalue weighted by atomic mass is 9.98. The van der Waals surface area contributed by atoms with Gasteiger partial charge >= 0.3 is 0 Å². The van der Waals surface area contributed by atoms with Gasteiger partial charge in [-0.2, -0.15) is 0 Å². The maximum absolute atomic E-state index is 13.8. The van der Waals surface area contributed by atoms with Gasteiger partial charge < -0.3 is 24.8 Å². The summed E-state index contributed by atoms with van der Waals surface area (Å²) in [6, 6.07) is 8.19. The molecule has 1 aromatic carbocycles. The molecule has 1 amide bonds. The number of aryl methyl sites for hydroxylation is 3. The minimum Gasteiger partial charge on any atom is -0.381 e. The number of amides is 1. The quantitative estimate of drug-likeness (QED) is 0.282. The van der Waals surface area contributed by atoms with Gasteiger partial charge in [0.2, 0.25) is 0 Å². The zero-order chi connectivity index (χ0) is 30.8. The van der Waals surface area contributed by atoms with Crippen molar-refractivity contribution >= 4 is 33.3 Å². The average molecular weight is 615 g/mol. The van der Waals surface area contributed by atoms with Crippen LogP contribution in [0.15, 0.2) is 35.3 Å². The van der Waals surface area contributed by atoms with Gasteiger partial charge in [0.25, 0.3) is 11.5 Å². The molecule has 6 rings (SSSR count). The Bertz CT molecular complexity index is 1700. The molecule has 2 fully saturated rings. The first kappa shape index (κ1) is 30.4. The number of likely N-dealkylation sites (N-methyl/N-ethyl adjacent to an activating group) is 1. The van der Waals surface area contributed by atoms with Gasteiger partial charge in [-0.15, -0.1) is 11.3 Å². The number of hydrogen-bond acceptors (Lipinski definition) is 8. The van der Waals surface area contributed by atoms with Crippen molar-refractivity contribution in [1.29, 1.82) is 0 Å². The summed E-state index contributed by atoms with van der Waals surface area (Å²) in [5, 5.41) is 4.16. The largest absolute Gasteiger partial charge is 0.381 e. The number of fused-ring (bicyclic) bond motifs is 1. The van der Waals surface area contributed by atoms with Gasteiger partial charge in [0.05, 0.1) is 15.2 Å². The number of pyridine rings is 2. The molecular weight excluding hydrogens is 572 g/mol. The zero-order valence-corrected chi connectivity index (χ0v) is 27.0. The maximum Gasteiger partial charge on any atom is 0.253 e. The number of aromatic amines is 1. The highest BCUT2D eigenvalue weighted by molar-refractivity contribution is 7.19. The molecule has 5 heterocycles. The molecule has 0 atom stereocenters. The third kappa shape index (κ3) is 6.29. The van der Waals surface area contributed by atoms with E-state index in [-0.39, 0.29) is 18.0 Å². The van der Waals surface area contributed by atoms with E-state index in [0.717, 1.165) is 114 Å². The highest BCUT2D eigenvalue weighted by Gasteiger charge is 2.25. The maximum atomic E-state index is 13.8. The molecule has 0 radical (unpaired) electrons. The van der Waals surface area contributed by atoms with Gasteiger partial charge in [-0.25, -0.2) is 9.97 Å². The van der Waals surface area contributed by atoms with E-state index < -0.39 is 0 Å². The van der Waals surface area contributed by atoms with Crippen LogP contribution in [0, 0.1) is 13.8 Å². The number of ether oxygens (including phenoxy) is 1. The molecular formula is C34H42N6O3S. The third-order valence-corrected chi connectivity index (χ3v) is 10.2. The summed E-state index contributed by atoms with van der Waals surface area (Å²) >= 11 is 1.73. The smallest absolute Gasteiger partial charge is 0.253 e. The molecule has 0 unspecified atom stereocenters. The summed E-state index contributed by atoms with van der Waals surface area (Å²) in [5.41, 5.74) is 6.49. The number of piperazine rings is 1. The normalized spacial score (nSPS) is 16.5. The third-order valence-electron chi connectivity index (χ3n) is 8.95. The van der Waals surface area contributed by atoms with Gasteiger partial charge in [-0.05, 0) is 75.5 Å². The van der Waals surface area contributed by atoms with Crippen molar-refractivity contribution in [3.63, 3.8) is 0 Å². The highest BCUT2D eigenvalue weighted by Crippen LogP contribution is 2.40. The number of hydrogen-bond donors (Lipinski definition) is 2. The molecule has 232 valence electrons. The number of aromatic nitrogens is 3. The lowest BCUT2D eigenvalue weighted by molar-refractivity contribution is 0.0853. The Kier molecular flexibility index (Phi) is 9.11. The van der Waals surface area contributed by atoms with E-state index in [4.69, 9.17) is 14.7 Å². The molecule has 0 spiro atoms. The predicted octanol–water partition coefficient (Wildman–Crippen LogP) is 5.19. The van der Waals surface area contributed by atoms with Crippen molar-refractivity contribution in [1.82, 2.24) is 25.2 Å². The van der Waals surface area contributed by atoms with E-state index in [9.17, 15) is 9.59 Å². The summed E-state index contributed by atoms with van der Waals surface area (Å²) in [6.07, 6.45) is 5.54. The number of anilines is 1. The van der Waals surface area contributed by atoms with Crippen LogP contribution in [0.4, 0.5) is 5.82 Å². The van der Waals surface area contributed by atoms with E-state index in [0.29, 0.717) is 17.0 Å². The van der Waals surface area contributed by atoms with E-state index in [2.05, 4.69) is 46.2 Å². The van der Waals surface area contributed by atoms with Crippen LogP contribution in [0.1, 0.15) is 69.9 Å². The first-order chi connectivity index (χ1) is 21.3. The number of carbonyl (C=O) groups is 1. The van der Waals surface area contributed by atoms with E-state index >= 15 is 0 Å². The summed E-state index contributed by atoms with van der Waals surface area (Å²) < 4.78 is 6.69. The van der Waals surface area contributed by atoms with Crippen molar-refractivity contribution in [3.05, 3.63) is 73.8 Å². The summed E-state index contributed by atoms with van der Waals surface area (Å²) in [5.74, 6) is 1.12. The molecule has 44 heavy (non-hydrogen) atoms. The number of nitrogens with zero attached hydrogens (tertiary/aromatic N) is 4. The van der Waals surface area contributed by atoms with E-state index in [1.165, 1.54) is 0 Å². The van der Waals surface area contributed by atoms with Gasteiger partial charge in [0.15, 0.2) is 0 Å². The van der Waals surface area contributed by atoms with Crippen molar-refractivity contribution < 1.29 is 9.53 Å². The van der Waals surface area contributed by atoms with Crippen LogP contribution in [0.5, 0.6) is 0 Å². The van der Waals surface area contributed by atoms with Gasteiger partial charge in [-0.3, -0.25) is 9.59 Å². The van der Waals surface area contributed by atoms with Crippen LogP contribution in [0.3, 0.4) is 0 Å². The van der Waals surface area contributed by atoms with Crippen LogP contribution >= 0.6 is 11.3 Å². The van der Waals surface area contributed by atoms with Crippen molar-refractivity contribution in [2.24, 2.45) is 0 Å². The molecule has 3 aromatic heterocycles. The molecule has 2 N–H and O–H groups in total. The van der Waals surface area contributed by atoms with Gasteiger partial charge in [0, 0.05) is 86.0 Å². The van der Waals surface area contributed by atoms with Crippen LogP contribution in [-0.4, -0.2) is 72.2 Å². The second-order valence-corrected chi connectivity index (χ2v) is 13.2. The monoisotopic (exact) mass is 614 g/mol. The minimum absolute atomic E-state index is 0.145. The molecule has 0 saturated carbocycles. The lowest BCUT2D eigenvalue weighted by Gasteiger charge is -2.33. The Morgan fingerprint density at radius 2 is 1.91 bits per heavy atom. The predicted molar refractivity (Wildman–Crippen MR) is 177 cm³/mol. The van der Waals surface area contributed by atoms with Crippen LogP contribution in [-0.2, 0) is 17.7 Å². The molecule has 0 aliphatic carbocycles. The first-order valence-electron chi connectivity index (χ1n) is 15.7. The topological polar surface area (TPSA) is 103 Å². The Labute approximate surface area is 262 Å². The number of thiazole rings is 1. The van der Waals surface area contributed by atoms with E-state index in [1.807, 2.05) is 32.2 Å². The fraction of sp³-hybridized carbons (Fsp3) is 0.471. The van der Waals surface area contributed by atoms with Crippen LogP contribution in [0.25, 0.3) is 21.3 Å². The second-order valence-electron chi connectivity index (χ2n) is 12.1. The SMILES string of the molecule is CCCc1cc(C)[nH]c(=O)c1CNC(=O)c1cc(-c2ccc(N3CCN(C)CC3)nc2)c2sc(C3CCOCC3)nc2c1C. The van der Waals surface area contributed by atoms with Crippen LogP contribution < -0.4 is 15.8 Å². The zero-order valence-electron chi connectivity index (χ0n) is 26.2. The molecule has 10 heteroatoms. The highest BCUT2D eigenvalue weighted by atomic mass is 32.1. The Balaban J connectivity index is 1.36. The fourth-order valence-corrected chi connectivity index (χ4v) is 7.62. The number of benzene rings is 1. The Morgan fingerprint density at radius 3 is 2.61 bits per heavy atom. The summed E-state index contributed by atoms with van der Waals surface area (Å²) in [7, 11) is 2.15. The van der Waals surface area contributed by atoms with E-state index in [1.54, 1.807) is 11.3 Å². The molecule has 2 aliphatic rings. The molecule has 0 bridgehead atoms. The molecule has 9 nitrogen and oxygen atoms in total. The molecule has 2 saturated heterocycles. The number of nitrogens with one attached hydrogen (secondary N) is 2. The molecule has 2 aliphatic heterocycles. The fourth-order valence-electron chi connectivity index (χ4n) is 6.29. The van der Waals surface area contributed by atoms with Crippen molar-refractivity contribution in [3.8, 4) is 11.1 Å². The molecule has 4 aromatic rings. The number of carbonyl (C=O) groups excluding carboxylic acids is 1. The Morgan fingerprint density at radius 1 is 1.14 bits per heavy atom. The number of rotatable bonds is 8. The van der Waals surface area contributed by atoms with Gasteiger partial charge in [-0.1, -0.05) is 13.3 Å². The Hall–Kier alpha value is -3.60. The minimum atomic E-state index is -0.212. The number of H-pyrrole nitrogens is 1. The van der Waals surface area contributed by atoms with Crippen molar-refractivity contribution in [2.75, 3.05) is 51.3 Å².